The summed E-state index contributed by atoms with van der Waals surface area (Å²) in [6.45, 7) is 5.05. The van der Waals surface area contributed by atoms with Crippen LogP contribution in [-0.4, -0.2) is 27.9 Å². The number of hydrogen-bond donors (Lipinski definition) is 1. The molecule has 1 aromatic carbocycles. The fourth-order valence-electron chi connectivity index (χ4n) is 3.94. The van der Waals surface area contributed by atoms with Crippen LogP contribution in [0.4, 0.5) is 4.39 Å². The van der Waals surface area contributed by atoms with Crippen molar-refractivity contribution in [3.63, 3.8) is 0 Å². The van der Waals surface area contributed by atoms with Gasteiger partial charge in [-0.2, -0.15) is 10.2 Å². The number of carbonyl (C=O) groups excluding carboxylic acids is 1. The van der Waals surface area contributed by atoms with Gasteiger partial charge >= 0.3 is 0 Å². The molecule has 1 aliphatic heterocycles. The van der Waals surface area contributed by atoms with Gasteiger partial charge in [0.15, 0.2) is 0 Å². The largest absolute Gasteiger partial charge is 0.389 e. The Hall–Kier alpha value is -1.88. The van der Waals surface area contributed by atoms with Crippen LogP contribution >= 0.6 is 0 Å². The first kappa shape index (κ1) is 15.0. The first-order valence-corrected chi connectivity index (χ1v) is 7.40. The zero-order valence-electron chi connectivity index (χ0n) is 12.9. The van der Waals surface area contributed by atoms with Crippen molar-refractivity contribution in [3.8, 4) is 0 Å². The van der Waals surface area contributed by atoms with Crippen LogP contribution in [0.1, 0.15) is 38.7 Å². The molecule has 0 aromatic heterocycles. The SMILES string of the molecule is CC(=O)[C@H]1[C@H](c2ccc(F)cc2)[C@@H]2C(C)=NN=C2C[C@]1(C)O. The molecular weight excluding hydrogens is 283 g/mol. The summed E-state index contributed by atoms with van der Waals surface area (Å²) in [4.78, 5) is 12.2. The summed E-state index contributed by atoms with van der Waals surface area (Å²) >= 11 is 0. The minimum Gasteiger partial charge on any atom is -0.389 e. The number of nitrogens with zero attached hydrogens (tertiary/aromatic N) is 2. The Morgan fingerprint density at radius 1 is 1.32 bits per heavy atom. The van der Waals surface area contributed by atoms with Gasteiger partial charge in [0.05, 0.1) is 17.2 Å². The predicted octanol–water partition coefficient (Wildman–Crippen LogP) is 2.72. The lowest BCUT2D eigenvalue weighted by molar-refractivity contribution is -0.131. The Morgan fingerprint density at radius 2 is 1.95 bits per heavy atom. The molecule has 0 unspecified atom stereocenters. The van der Waals surface area contributed by atoms with Crippen molar-refractivity contribution in [2.24, 2.45) is 22.0 Å². The highest BCUT2D eigenvalue weighted by atomic mass is 19.1. The van der Waals surface area contributed by atoms with Gasteiger partial charge < -0.3 is 5.11 Å². The maximum atomic E-state index is 13.2. The van der Waals surface area contributed by atoms with Crippen molar-refractivity contribution in [2.45, 2.75) is 38.7 Å². The number of halogens is 1. The summed E-state index contributed by atoms with van der Waals surface area (Å²) in [5, 5.41) is 19.1. The molecule has 1 fully saturated rings. The third-order valence-electron chi connectivity index (χ3n) is 4.77. The van der Waals surface area contributed by atoms with Gasteiger partial charge in [-0.1, -0.05) is 12.1 Å². The first-order valence-electron chi connectivity index (χ1n) is 7.40. The van der Waals surface area contributed by atoms with E-state index in [1.807, 2.05) is 6.92 Å². The lowest BCUT2D eigenvalue weighted by Gasteiger charge is -2.45. The molecule has 0 radical (unpaired) electrons. The van der Waals surface area contributed by atoms with Crippen molar-refractivity contribution >= 4 is 17.2 Å². The number of Topliss-reactive ketones (excluding diaryl/α,β-unsaturated/α-hetero) is 1. The highest BCUT2D eigenvalue weighted by Crippen LogP contribution is 2.48. The topological polar surface area (TPSA) is 62.0 Å². The van der Waals surface area contributed by atoms with Crippen LogP contribution in [0.3, 0.4) is 0 Å². The van der Waals surface area contributed by atoms with Crippen LogP contribution in [0.2, 0.25) is 0 Å². The van der Waals surface area contributed by atoms with Crippen molar-refractivity contribution in [1.29, 1.82) is 0 Å². The zero-order chi connectivity index (χ0) is 16.1. The van der Waals surface area contributed by atoms with Crippen LogP contribution in [-0.2, 0) is 4.79 Å². The van der Waals surface area contributed by atoms with Gasteiger partial charge in [0.1, 0.15) is 11.6 Å². The fourth-order valence-corrected chi connectivity index (χ4v) is 3.94. The van der Waals surface area contributed by atoms with E-state index < -0.39 is 11.5 Å². The Morgan fingerprint density at radius 3 is 2.55 bits per heavy atom. The van der Waals surface area contributed by atoms with Gasteiger partial charge in [-0.3, -0.25) is 4.79 Å². The van der Waals surface area contributed by atoms with E-state index in [0.717, 1.165) is 17.0 Å². The van der Waals surface area contributed by atoms with Crippen molar-refractivity contribution < 1.29 is 14.3 Å². The second kappa shape index (κ2) is 5.09. The van der Waals surface area contributed by atoms with Crippen molar-refractivity contribution in [3.05, 3.63) is 35.6 Å². The summed E-state index contributed by atoms with van der Waals surface area (Å²) in [6.07, 6.45) is 0.334. The smallest absolute Gasteiger partial charge is 0.136 e. The van der Waals surface area contributed by atoms with Gasteiger partial charge in [0.2, 0.25) is 0 Å². The Kier molecular flexibility index (Phi) is 3.48. The molecule has 1 heterocycles. The monoisotopic (exact) mass is 302 g/mol. The first-order chi connectivity index (χ1) is 10.3. The fraction of sp³-hybridized carbons (Fsp3) is 0.471. The third-order valence-corrected chi connectivity index (χ3v) is 4.77. The number of rotatable bonds is 2. The van der Waals surface area contributed by atoms with E-state index in [1.54, 1.807) is 19.1 Å². The van der Waals surface area contributed by atoms with E-state index in [1.165, 1.54) is 19.1 Å². The number of aliphatic hydroxyl groups is 1. The molecule has 0 spiro atoms. The minimum absolute atomic E-state index is 0.0712. The second-order valence-corrected chi connectivity index (χ2v) is 6.51. The van der Waals surface area contributed by atoms with E-state index in [2.05, 4.69) is 10.2 Å². The standard InChI is InChI=1S/C17H19FN2O2/c1-9-14-13(20-19-9)8-17(3,22)16(10(2)21)15(14)11-4-6-12(18)7-5-11/h4-7,14-16,22H,8H2,1-3H3/t14-,15-,16+,17+/m1/s1. The van der Waals surface area contributed by atoms with E-state index in [9.17, 15) is 14.3 Å². The van der Waals surface area contributed by atoms with Crippen LogP contribution in [0.15, 0.2) is 34.5 Å². The molecule has 0 amide bonds. The number of fused-ring (bicyclic) bond motifs is 1. The lowest BCUT2D eigenvalue weighted by Crippen LogP contribution is -2.53. The molecule has 22 heavy (non-hydrogen) atoms. The maximum absolute atomic E-state index is 13.2. The van der Waals surface area contributed by atoms with Gasteiger partial charge in [-0.25, -0.2) is 4.39 Å². The van der Waals surface area contributed by atoms with Crippen LogP contribution < -0.4 is 0 Å². The highest BCUT2D eigenvalue weighted by Gasteiger charge is 2.53. The molecule has 3 rings (SSSR count). The molecule has 1 aliphatic carbocycles. The number of hydrogen-bond acceptors (Lipinski definition) is 4. The molecule has 2 aliphatic rings. The van der Waals surface area contributed by atoms with E-state index in [4.69, 9.17) is 0 Å². The van der Waals surface area contributed by atoms with Crippen LogP contribution in [0, 0.1) is 17.7 Å². The number of ketones is 1. The minimum atomic E-state index is -1.18. The van der Waals surface area contributed by atoms with Crippen LogP contribution in [0.5, 0.6) is 0 Å². The normalized spacial score (nSPS) is 34.0. The zero-order valence-corrected chi connectivity index (χ0v) is 12.9. The van der Waals surface area contributed by atoms with E-state index >= 15 is 0 Å². The van der Waals surface area contributed by atoms with Gasteiger partial charge in [0, 0.05) is 24.0 Å². The Balaban J connectivity index is 2.14. The molecule has 5 heteroatoms. The van der Waals surface area contributed by atoms with Crippen molar-refractivity contribution in [2.75, 3.05) is 0 Å². The molecule has 4 nitrogen and oxygen atoms in total. The second-order valence-electron chi connectivity index (χ2n) is 6.51. The molecular formula is C17H19FN2O2. The quantitative estimate of drug-likeness (QED) is 0.913. The van der Waals surface area contributed by atoms with E-state index in [0.29, 0.717) is 6.42 Å². The predicted molar refractivity (Wildman–Crippen MR) is 82.6 cm³/mol. The maximum Gasteiger partial charge on any atom is 0.136 e. The Bertz CT molecular complexity index is 676. The third kappa shape index (κ3) is 2.29. The van der Waals surface area contributed by atoms with Gasteiger partial charge in [0.25, 0.3) is 0 Å². The summed E-state index contributed by atoms with van der Waals surface area (Å²) < 4.78 is 13.2. The lowest BCUT2D eigenvalue weighted by atomic mass is 9.59. The summed E-state index contributed by atoms with van der Waals surface area (Å²) in [6, 6.07) is 6.13. The average molecular weight is 302 g/mol. The molecule has 4 atom stereocenters. The van der Waals surface area contributed by atoms with Gasteiger partial charge in [-0.05, 0) is 38.5 Å². The van der Waals surface area contributed by atoms with Crippen LogP contribution in [0.25, 0.3) is 0 Å². The Labute approximate surface area is 128 Å². The number of benzene rings is 1. The van der Waals surface area contributed by atoms with Crippen molar-refractivity contribution in [1.82, 2.24) is 0 Å². The average Bonchev–Trinajstić information content (AvgIpc) is 2.77. The number of carbonyl (C=O) groups is 1. The highest BCUT2D eigenvalue weighted by molar-refractivity contribution is 6.12. The van der Waals surface area contributed by atoms with Gasteiger partial charge in [-0.15, -0.1) is 0 Å². The molecule has 0 saturated heterocycles. The molecule has 0 bridgehead atoms. The molecule has 116 valence electrons. The molecule has 1 saturated carbocycles. The molecule has 1 aromatic rings. The summed E-state index contributed by atoms with van der Waals surface area (Å²) in [5.74, 6) is -1.33. The molecule has 1 N–H and O–H groups in total. The van der Waals surface area contributed by atoms with E-state index in [-0.39, 0.29) is 23.4 Å². The summed E-state index contributed by atoms with van der Waals surface area (Å²) in [7, 11) is 0. The summed E-state index contributed by atoms with van der Waals surface area (Å²) in [5.41, 5.74) is 1.29.